The molecule has 18 heavy (non-hydrogen) atoms. The van der Waals surface area contributed by atoms with Gasteiger partial charge in [-0.05, 0) is 43.9 Å². The summed E-state index contributed by atoms with van der Waals surface area (Å²) in [5, 5.41) is 22.5. The SMILES string of the molecule is COC1CCCC1NC(C)c1cc(O)cc(O)c1. The summed E-state index contributed by atoms with van der Waals surface area (Å²) in [5.74, 6) is 0.182. The molecule has 0 aromatic heterocycles. The minimum atomic E-state index is 0.0729. The number of benzene rings is 1. The molecule has 3 N–H and O–H groups in total. The molecule has 3 unspecified atom stereocenters. The van der Waals surface area contributed by atoms with E-state index in [2.05, 4.69) is 5.32 Å². The molecule has 3 atom stereocenters. The van der Waals surface area contributed by atoms with Crippen molar-refractivity contribution in [2.45, 2.75) is 44.4 Å². The Morgan fingerprint density at radius 1 is 1.22 bits per heavy atom. The third kappa shape index (κ3) is 2.94. The van der Waals surface area contributed by atoms with E-state index in [1.54, 1.807) is 19.2 Å². The lowest BCUT2D eigenvalue weighted by molar-refractivity contribution is 0.0819. The maximum absolute atomic E-state index is 9.49. The highest BCUT2D eigenvalue weighted by Gasteiger charge is 2.28. The molecule has 1 fully saturated rings. The summed E-state index contributed by atoms with van der Waals surface area (Å²) in [7, 11) is 1.75. The fourth-order valence-corrected chi connectivity index (χ4v) is 2.68. The fraction of sp³-hybridized carbons (Fsp3) is 0.571. The number of nitrogens with one attached hydrogen (secondary N) is 1. The van der Waals surface area contributed by atoms with E-state index in [1.807, 2.05) is 6.92 Å². The monoisotopic (exact) mass is 251 g/mol. The van der Waals surface area contributed by atoms with Crippen LogP contribution in [0.15, 0.2) is 18.2 Å². The van der Waals surface area contributed by atoms with Crippen LogP contribution < -0.4 is 5.32 Å². The first-order chi connectivity index (χ1) is 8.60. The van der Waals surface area contributed by atoms with Gasteiger partial charge in [0.05, 0.1) is 6.10 Å². The summed E-state index contributed by atoms with van der Waals surface area (Å²) in [6.07, 6.45) is 3.63. The minimum Gasteiger partial charge on any atom is -0.508 e. The number of phenols is 2. The molecule has 100 valence electrons. The van der Waals surface area contributed by atoms with E-state index in [4.69, 9.17) is 4.74 Å². The molecule has 0 amide bonds. The highest BCUT2D eigenvalue weighted by atomic mass is 16.5. The first-order valence-electron chi connectivity index (χ1n) is 6.42. The molecule has 1 aliphatic rings. The fourth-order valence-electron chi connectivity index (χ4n) is 2.68. The first-order valence-corrected chi connectivity index (χ1v) is 6.42. The van der Waals surface area contributed by atoms with E-state index in [9.17, 15) is 10.2 Å². The van der Waals surface area contributed by atoms with Crippen LogP contribution in [0.25, 0.3) is 0 Å². The summed E-state index contributed by atoms with van der Waals surface area (Å²) in [4.78, 5) is 0. The second-order valence-electron chi connectivity index (χ2n) is 4.98. The van der Waals surface area contributed by atoms with Crippen molar-refractivity contribution in [1.29, 1.82) is 0 Å². The summed E-state index contributed by atoms with van der Waals surface area (Å²) in [6.45, 7) is 2.03. The van der Waals surface area contributed by atoms with Crippen LogP contribution in [0, 0.1) is 0 Å². The van der Waals surface area contributed by atoms with Crippen molar-refractivity contribution < 1.29 is 14.9 Å². The van der Waals surface area contributed by atoms with E-state index < -0.39 is 0 Å². The number of hydrogen-bond acceptors (Lipinski definition) is 4. The number of ether oxygens (including phenoxy) is 1. The maximum atomic E-state index is 9.49. The Labute approximate surface area is 108 Å². The van der Waals surface area contributed by atoms with Crippen molar-refractivity contribution in [3.63, 3.8) is 0 Å². The molecular weight excluding hydrogens is 230 g/mol. The van der Waals surface area contributed by atoms with Gasteiger partial charge < -0.3 is 20.3 Å². The van der Waals surface area contributed by atoms with Gasteiger partial charge in [0.1, 0.15) is 11.5 Å². The van der Waals surface area contributed by atoms with E-state index in [0.29, 0.717) is 6.04 Å². The van der Waals surface area contributed by atoms with Gasteiger partial charge in [0.25, 0.3) is 0 Å². The largest absolute Gasteiger partial charge is 0.508 e. The van der Waals surface area contributed by atoms with Gasteiger partial charge in [-0.3, -0.25) is 0 Å². The molecule has 1 saturated carbocycles. The minimum absolute atomic E-state index is 0.0729. The molecule has 0 spiro atoms. The van der Waals surface area contributed by atoms with Crippen LogP contribution in [0.2, 0.25) is 0 Å². The van der Waals surface area contributed by atoms with Gasteiger partial charge in [0.2, 0.25) is 0 Å². The van der Waals surface area contributed by atoms with Crippen molar-refractivity contribution in [2.75, 3.05) is 7.11 Å². The van der Waals surface area contributed by atoms with Crippen molar-refractivity contribution >= 4 is 0 Å². The topological polar surface area (TPSA) is 61.7 Å². The van der Waals surface area contributed by atoms with Crippen LogP contribution in [0.4, 0.5) is 0 Å². The highest BCUT2D eigenvalue weighted by molar-refractivity contribution is 5.38. The lowest BCUT2D eigenvalue weighted by atomic mass is 10.1. The van der Waals surface area contributed by atoms with Gasteiger partial charge in [0.15, 0.2) is 0 Å². The summed E-state index contributed by atoms with van der Waals surface area (Å²) < 4.78 is 5.45. The Kier molecular flexibility index (Phi) is 4.09. The third-order valence-corrected chi connectivity index (χ3v) is 3.64. The van der Waals surface area contributed by atoms with Crippen LogP contribution in [0.5, 0.6) is 11.5 Å². The van der Waals surface area contributed by atoms with Gasteiger partial charge in [-0.25, -0.2) is 0 Å². The number of aromatic hydroxyl groups is 2. The average Bonchev–Trinajstić information content (AvgIpc) is 2.75. The zero-order chi connectivity index (χ0) is 13.1. The molecule has 0 heterocycles. The standard InChI is InChI=1S/C14H21NO3/c1-9(10-6-11(16)8-12(17)7-10)15-13-4-3-5-14(13)18-2/h6-9,13-17H,3-5H2,1-2H3. The summed E-state index contributed by atoms with van der Waals surface area (Å²) in [6, 6.07) is 5.10. The Morgan fingerprint density at radius 3 is 2.50 bits per heavy atom. The molecule has 2 rings (SSSR count). The van der Waals surface area contributed by atoms with Gasteiger partial charge in [-0.2, -0.15) is 0 Å². The van der Waals surface area contributed by atoms with Crippen LogP contribution in [0.1, 0.15) is 37.8 Å². The average molecular weight is 251 g/mol. The molecule has 1 aliphatic carbocycles. The Hall–Kier alpha value is -1.26. The number of phenolic OH excluding ortho intramolecular Hbond substituents is 2. The maximum Gasteiger partial charge on any atom is 0.119 e. The van der Waals surface area contributed by atoms with E-state index in [0.717, 1.165) is 18.4 Å². The molecule has 1 aromatic rings. The van der Waals surface area contributed by atoms with Crippen LogP contribution >= 0.6 is 0 Å². The lowest BCUT2D eigenvalue weighted by Crippen LogP contribution is -2.38. The Morgan fingerprint density at radius 2 is 1.89 bits per heavy atom. The van der Waals surface area contributed by atoms with Crippen LogP contribution in [0.3, 0.4) is 0 Å². The molecular formula is C14H21NO3. The Balaban J connectivity index is 2.04. The third-order valence-electron chi connectivity index (χ3n) is 3.64. The molecule has 4 nitrogen and oxygen atoms in total. The highest BCUT2D eigenvalue weighted by Crippen LogP contribution is 2.28. The van der Waals surface area contributed by atoms with E-state index >= 15 is 0 Å². The van der Waals surface area contributed by atoms with Crippen molar-refractivity contribution in [3.05, 3.63) is 23.8 Å². The second kappa shape index (κ2) is 5.59. The first kappa shape index (κ1) is 13.2. The quantitative estimate of drug-likeness (QED) is 0.768. The molecule has 0 radical (unpaired) electrons. The van der Waals surface area contributed by atoms with Crippen molar-refractivity contribution in [1.82, 2.24) is 5.32 Å². The van der Waals surface area contributed by atoms with Crippen molar-refractivity contribution in [2.24, 2.45) is 0 Å². The normalized spacial score (nSPS) is 25.2. The predicted octanol–water partition coefficient (Wildman–Crippen LogP) is 2.32. The molecule has 4 heteroatoms. The zero-order valence-electron chi connectivity index (χ0n) is 10.9. The molecule has 0 aliphatic heterocycles. The van der Waals surface area contributed by atoms with Crippen LogP contribution in [-0.4, -0.2) is 29.5 Å². The molecule has 0 bridgehead atoms. The van der Waals surface area contributed by atoms with Gasteiger partial charge >= 0.3 is 0 Å². The summed E-state index contributed by atoms with van der Waals surface area (Å²) in [5.41, 5.74) is 0.884. The number of hydrogen-bond donors (Lipinski definition) is 3. The van der Waals surface area contributed by atoms with Gasteiger partial charge in [-0.1, -0.05) is 0 Å². The van der Waals surface area contributed by atoms with Crippen LogP contribution in [-0.2, 0) is 4.74 Å². The Bertz CT molecular complexity index is 388. The molecule has 1 aromatic carbocycles. The second-order valence-corrected chi connectivity index (χ2v) is 4.98. The summed E-state index contributed by atoms with van der Waals surface area (Å²) >= 11 is 0. The molecule has 0 saturated heterocycles. The number of rotatable bonds is 4. The van der Waals surface area contributed by atoms with E-state index in [1.165, 1.54) is 12.5 Å². The predicted molar refractivity (Wildman–Crippen MR) is 69.8 cm³/mol. The van der Waals surface area contributed by atoms with E-state index in [-0.39, 0.29) is 23.6 Å². The number of methoxy groups -OCH3 is 1. The van der Waals surface area contributed by atoms with Gasteiger partial charge in [-0.15, -0.1) is 0 Å². The van der Waals surface area contributed by atoms with Gasteiger partial charge in [0, 0.05) is 25.3 Å². The zero-order valence-corrected chi connectivity index (χ0v) is 10.9. The lowest BCUT2D eigenvalue weighted by Gasteiger charge is -2.24. The smallest absolute Gasteiger partial charge is 0.119 e. The van der Waals surface area contributed by atoms with Crippen molar-refractivity contribution in [3.8, 4) is 11.5 Å².